The molecule has 1 atom stereocenters. The minimum absolute atomic E-state index is 0.355. The summed E-state index contributed by atoms with van der Waals surface area (Å²) < 4.78 is 0. The van der Waals surface area contributed by atoms with Crippen LogP contribution >= 0.6 is 0 Å². The van der Waals surface area contributed by atoms with E-state index in [4.69, 9.17) is 5.73 Å². The van der Waals surface area contributed by atoms with Gasteiger partial charge < -0.3 is 11.1 Å². The summed E-state index contributed by atoms with van der Waals surface area (Å²) >= 11 is 0. The number of hydrogen-bond acceptors (Lipinski definition) is 3. The van der Waals surface area contributed by atoms with Gasteiger partial charge in [-0.05, 0) is 37.5 Å². The number of aromatic nitrogens is 2. The lowest BCUT2D eigenvalue weighted by molar-refractivity contribution is 0.706. The molecule has 3 aromatic rings. The van der Waals surface area contributed by atoms with E-state index in [0.29, 0.717) is 6.04 Å². The number of anilines is 2. The molecule has 1 aromatic heterocycles. The number of aromatic amines is 1. The number of benzene rings is 2. The van der Waals surface area contributed by atoms with E-state index in [0.717, 1.165) is 35.1 Å². The highest BCUT2D eigenvalue weighted by Gasteiger charge is 2.07. The number of H-pyrrole nitrogens is 1. The molecule has 0 bridgehead atoms. The molecular weight excluding hydrogens is 260 g/mol. The van der Waals surface area contributed by atoms with E-state index in [1.165, 1.54) is 5.56 Å². The molecule has 0 fully saturated rings. The molecule has 2 aromatic carbocycles. The minimum Gasteiger partial charge on any atom is -0.397 e. The molecule has 0 saturated heterocycles. The molecule has 4 N–H and O–H groups in total. The fourth-order valence-electron chi connectivity index (χ4n) is 2.50. The van der Waals surface area contributed by atoms with Crippen molar-refractivity contribution in [3.63, 3.8) is 0 Å². The maximum Gasteiger partial charge on any atom is 0.0672 e. The topological polar surface area (TPSA) is 66.7 Å². The maximum atomic E-state index is 6.10. The second-order valence-electron chi connectivity index (χ2n) is 5.47. The Kier molecular flexibility index (Phi) is 3.77. The average molecular weight is 280 g/mol. The summed E-state index contributed by atoms with van der Waals surface area (Å²) in [4.78, 5) is 0. The highest BCUT2D eigenvalue weighted by molar-refractivity contribution is 5.88. The molecule has 1 heterocycles. The number of hydrogen-bond donors (Lipinski definition) is 3. The zero-order valence-electron chi connectivity index (χ0n) is 12.1. The van der Waals surface area contributed by atoms with Gasteiger partial charge >= 0.3 is 0 Å². The fourth-order valence-corrected chi connectivity index (χ4v) is 2.50. The fraction of sp³-hybridized carbons (Fsp3) is 0.235. The average Bonchev–Trinajstić information content (AvgIpc) is 2.94. The van der Waals surface area contributed by atoms with Gasteiger partial charge in [-0.25, -0.2) is 0 Å². The molecule has 3 rings (SSSR count). The number of nitrogens with two attached hydrogens (primary N) is 1. The Labute approximate surface area is 124 Å². The van der Waals surface area contributed by atoms with Crippen molar-refractivity contribution < 1.29 is 0 Å². The normalized spacial score (nSPS) is 12.4. The van der Waals surface area contributed by atoms with Crippen LogP contribution in [0.2, 0.25) is 0 Å². The SMILES string of the molecule is CC(CCc1ccccc1)Nc1cc2[nH]ncc2cc1N. The van der Waals surface area contributed by atoms with E-state index in [-0.39, 0.29) is 0 Å². The van der Waals surface area contributed by atoms with Gasteiger partial charge in [0, 0.05) is 11.4 Å². The summed E-state index contributed by atoms with van der Waals surface area (Å²) in [6, 6.07) is 14.9. The summed E-state index contributed by atoms with van der Waals surface area (Å²) in [6.07, 6.45) is 3.90. The summed E-state index contributed by atoms with van der Waals surface area (Å²) in [7, 11) is 0. The molecule has 0 amide bonds. The van der Waals surface area contributed by atoms with Gasteiger partial charge in [0.2, 0.25) is 0 Å². The number of aryl methyl sites for hydroxylation is 1. The number of fused-ring (bicyclic) bond motifs is 1. The molecular formula is C17H20N4. The smallest absolute Gasteiger partial charge is 0.0672 e. The van der Waals surface area contributed by atoms with E-state index in [1.807, 2.05) is 18.2 Å². The highest BCUT2D eigenvalue weighted by atomic mass is 15.1. The molecule has 0 aliphatic heterocycles. The van der Waals surface area contributed by atoms with Gasteiger partial charge in [0.15, 0.2) is 0 Å². The Balaban J connectivity index is 1.65. The van der Waals surface area contributed by atoms with Crippen LogP contribution in [0.3, 0.4) is 0 Å². The molecule has 4 nitrogen and oxygen atoms in total. The standard InChI is InChI=1S/C17H20N4/c1-12(7-8-13-5-3-2-4-6-13)20-17-10-16-14(9-15(17)18)11-19-21-16/h2-6,9-12,20H,7-8,18H2,1H3,(H,19,21). The van der Waals surface area contributed by atoms with Crippen molar-refractivity contribution in [2.75, 3.05) is 11.1 Å². The van der Waals surface area contributed by atoms with Gasteiger partial charge in [-0.3, -0.25) is 5.10 Å². The van der Waals surface area contributed by atoms with E-state index in [2.05, 4.69) is 46.7 Å². The van der Waals surface area contributed by atoms with Crippen LogP contribution in [-0.2, 0) is 6.42 Å². The van der Waals surface area contributed by atoms with Gasteiger partial charge in [-0.2, -0.15) is 5.10 Å². The number of nitrogens with zero attached hydrogens (tertiary/aromatic N) is 1. The Bertz CT molecular complexity index is 718. The Morgan fingerprint density at radius 2 is 2.05 bits per heavy atom. The molecule has 4 heteroatoms. The van der Waals surface area contributed by atoms with E-state index < -0.39 is 0 Å². The number of rotatable bonds is 5. The third-order valence-electron chi connectivity index (χ3n) is 3.72. The van der Waals surface area contributed by atoms with Crippen molar-refractivity contribution in [2.24, 2.45) is 0 Å². The lowest BCUT2D eigenvalue weighted by Crippen LogP contribution is -2.17. The van der Waals surface area contributed by atoms with Crippen LogP contribution < -0.4 is 11.1 Å². The van der Waals surface area contributed by atoms with Crippen LogP contribution in [-0.4, -0.2) is 16.2 Å². The summed E-state index contributed by atoms with van der Waals surface area (Å²) in [5.74, 6) is 0. The highest BCUT2D eigenvalue weighted by Crippen LogP contribution is 2.25. The first-order valence-corrected chi connectivity index (χ1v) is 7.25. The second-order valence-corrected chi connectivity index (χ2v) is 5.47. The predicted molar refractivity (Wildman–Crippen MR) is 88.4 cm³/mol. The molecule has 0 aliphatic carbocycles. The molecule has 0 aliphatic rings. The Hall–Kier alpha value is -2.49. The summed E-state index contributed by atoms with van der Waals surface area (Å²) in [6.45, 7) is 2.18. The first-order valence-electron chi connectivity index (χ1n) is 7.25. The quantitative estimate of drug-likeness (QED) is 0.626. The summed E-state index contributed by atoms with van der Waals surface area (Å²) in [5.41, 5.74) is 10.2. The van der Waals surface area contributed by atoms with Crippen LogP contribution in [0.1, 0.15) is 18.9 Å². The molecule has 0 radical (unpaired) electrons. The third-order valence-corrected chi connectivity index (χ3v) is 3.72. The van der Waals surface area contributed by atoms with Crippen molar-refractivity contribution in [1.29, 1.82) is 0 Å². The Morgan fingerprint density at radius 3 is 2.86 bits per heavy atom. The van der Waals surface area contributed by atoms with Crippen molar-refractivity contribution >= 4 is 22.3 Å². The van der Waals surface area contributed by atoms with Gasteiger partial charge in [0.05, 0.1) is 23.1 Å². The molecule has 0 spiro atoms. The first kappa shape index (κ1) is 13.5. The Morgan fingerprint density at radius 1 is 1.24 bits per heavy atom. The molecule has 0 saturated carbocycles. The van der Waals surface area contributed by atoms with Crippen LogP contribution in [0.25, 0.3) is 10.9 Å². The molecule has 108 valence electrons. The van der Waals surface area contributed by atoms with Crippen molar-refractivity contribution in [2.45, 2.75) is 25.8 Å². The maximum absolute atomic E-state index is 6.10. The van der Waals surface area contributed by atoms with Gasteiger partial charge in [0.25, 0.3) is 0 Å². The van der Waals surface area contributed by atoms with Gasteiger partial charge in [-0.15, -0.1) is 0 Å². The largest absolute Gasteiger partial charge is 0.397 e. The van der Waals surface area contributed by atoms with Crippen LogP contribution in [0, 0.1) is 0 Å². The number of nitrogen functional groups attached to an aromatic ring is 1. The molecule has 1 unspecified atom stereocenters. The zero-order chi connectivity index (χ0) is 14.7. The van der Waals surface area contributed by atoms with Crippen LogP contribution in [0.4, 0.5) is 11.4 Å². The lowest BCUT2D eigenvalue weighted by Gasteiger charge is -2.17. The first-order chi connectivity index (χ1) is 10.2. The van der Waals surface area contributed by atoms with E-state index in [1.54, 1.807) is 6.20 Å². The third kappa shape index (κ3) is 3.16. The van der Waals surface area contributed by atoms with Crippen LogP contribution in [0.5, 0.6) is 0 Å². The molecule has 21 heavy (non-hydrogen) atoms. The monoisotopic (exact) mass is 280 g/mol. The number of nitrogens with one attached hydrogen (secondary N) is 2. The summed E-state index contributed by atoms with van der Waals surface area (Å²) in [5, 5.41) is 11.5. The van der Waals surface area contributed by atoms with E-state index in [9.17, 15) is 0 Å². The second kappa shape index (κ2) is 5.87. The van der Waals surface area contributed by atoms with Crippen molar-refractivity contribution in [3.05, 3.63) is 54.2 Å². The minimum atomic E-state index is 0.355. The van der Waals surface area contributed by atoms with Gasteiger partial charge in [0.1, 0.15) is 0 Å². The van der Waals surface area contributed by atoms with Crippen molar-refractivity contribution in [1.82, 2.24) is 10.2 Å². The van der Waals surface area contributed by atoms with Gasteiger partial charge in [-0.1, -0.05) is 30.3 Å². The van der Waals surface area contributed by atoms with Crippen LogP contribution in [0.15, 0.2) is 48.7 Å². The lowest BCUT2D eigenvalue weighted by atomic mass is 10.1. The zero-order valence-corrected chi connectivity index (χ0v) is 12.1. The van der Waals surface area contributed by atoms with E-state index >= 15 is 0 Å². The predicted octanol–water partition coefficient (Wildman–Crippen LogP) is 3.58. The van der Waals surface area contributed by atoms with Crippen molar-refractivity contribution in [3.8, 4) is 0 Å².